The van der Waals surface area contributed by atoms with Gasteiger partial charge in [0.25, 0.3) is 0 Å². The molecule has 3 nitrogen and oxygen atoms in total. The maximum absolute atomic E-state index is 11.2. The second-order valence-corrected chi connectivity index (χ2v) is 6.19. The summed E-state index contributed by atoms with van der Waals surface area (Å²) < 4.78 is 5.16. The monoisotopic (exact) mass is 340 g/mol. The van der Waals surface area contributed by atoms with Crippen molar-refractivity contribution in [3.63, 3.8) is 0 Å². The maximum Gasteiger partial charge on any atom is 0.511 e. The summed E-state index contributed by atoms with van der Waals surface area (Å²) in [6.45, 7) is 8.51. The first kappa shape index (κ1) is 19.0. The van der Waals surface area contributed by atoms with Crippen LogP contribution in [0.4, 0.5) is 4.79 Å². The highest BCUT2D eigenvalue weighted by Crippen LogP contribution is 2.38. The van der Waals surface area contributed by atoms with Crippen molar-refractivity contribution in [2.24, 2.45) is 0 Å². The maximum atomic E-state index is 11.2. The van der Waals surface area contributed by atoms with Crippen LogP contribution in [0.25, 0.3) is 11.1 Å². The molecule has 0 unspecified atom stereocenters. The molecule has 25 heavy (non-hydrogen) atoms. The smallest absolute Gasteiger partial charge is 0.449 e. The summed E-state index contributed by atoms with van der Waals surface area (Å²) >= 11 is 0. The van der Waals surface area contributed by atoms with E-state index < -0.39 is 6.16 Å². The van der Waals surface area contributed by atoms with Crippen molar-refractivity contribution in [1.29, 1.82) is 0 Å². The van der Waals surface area contributed by atoms with E-state index in [1.807, 2.05) is 19.1 Å². The van der Waals surface area contributed by atoms with Gasteiger partial charge >= 0.3 is 6.16 Å². The van der Waals surface area contributed by atoms with E-state index in [9.17, 15) is 4.79 Å². The molecule has 0 bridgehead atoms. The number of carbonyl (C=O) groups is 1. The highest BCUT2D eigenvalue weighted by molar-refractivity contribution is 5.76. The zero-order valence-corrected chi connectivity index (χ0v) is 15.7. The van der Waals surface area contributed by atoms with Gasteiger partial charge in [0, 0.05) is 0 Å². The van der Waals surface area contributed by atoms with E-state index in [2.05, 4.69) is 39.0 Å². The van der Waals surface area contributed by atoms with E-state index in [1.54, 1.807) is 0 Å². The Morgan fingerprint density at radius 1 is 0.920 bits per heavy atom. The molecule has 0 aromatic heterocycles. The first-order valence-corrected chi connectivity index (χ1v) is 9.23. The lowest BCUT2D eigenvalue weighted by atomic mass is 9.85. The fourth-order valence-corrected chi connectivity index (χ4v) is 3.71. The standard InChI is InChI=1S/C22H28O3/c1-5-11-15-12-9-10-13-19(15)20-14-21(25-22(23)24)18(8-4)16(6-2)17(20)7-3/h9-10,12-14H,5-8,11H2,1-4H3,(H,23,24). The van der Waals surface area contributed by atoms with E-state index in [0.29, 0.717) is 5.75 Å². The second kappa shape index (κ2) is 8.70. The molecule has 2 aromatic carbocycles. The summed E-state index contributed by atoms with van der Waals surface area (Å²) in [5.41, 5.74) is 7.14. The van der Waals surface area contributed by atoms with Crippen molar-refractivity contribution in [3.8, 4) is 16.9 Å². The predicted octanol–water partition coefficient (Wildman–Crippen LogP) is 6.05. The molecule has 0 saturated carbocycles. The van der Waals surface area contributed by atoms with Crippen LogP contribution in [0.15, 0.2) is 30.3 Å². The number of ether oxygens (including phenoxy) is 1. The van der Waals surface area contributed by atoms with Crippen molar-refractivity contribution in [2.75, 3.05) is 0 Å². The lowest BCUT2D eigenvalue weighted by Crippen LogP contribution is -2.10. The zero-order chi connectivity index (χ0) is 18.4. The Kier molecular flexibility index (Phi) is 6.63. The van der Waals surface area contributed by atoms with Gasteiger partial charge in [-0.15, -0.1) is 0 Å². The van der Waals surface area contributed by atoms with Crippen LogP contribution in [-0.2, 0) is 25.7 Å². The second-order valence-electron chi connectivity index (χ2n) is 6.19. The van der Waals surface area contributed by atoms with Gasteiger partial charge in [0.05, 0.1) is 0 Å². The van der Waals surface area contributed by atoms with Gasteiger partial charge < -0.3 is 9.84 Å². The van der Waals surface area contributed by atoms with E-state index in [1.165, 1.54) is 22.3 Å². The average molecular weight is 340 g/mol. The van der Waals surface area contributed by atoms with Crippen molar-refractivity contribution in [3.05, 3.63) is 52.6 Å². The van der Waals surface area contributed by atoms with Gasteiger partial charge in [-0.1, -0.05) is 58.4 Å². The van der Waals surface area contributed by atoms with Gasteiger partial charge in [-0.3, -0.25) is 0 Å². The molecule has 0 aliphatic rings. The summed E-state index contributed by atoms with van der Waals surface area (Å²) in [7, 11) is 0. The topological polar surface area (TPSA) is 46.5 Å². The van der Waals surface area contributed by atoms with Crippen LogP contribution >= 0.6 is 0 Å². The molecule has 0 fully saturated rings. The van der Waals surface area contributed by atoms with E-state index >= 15 is 0 Å². The predicted molar refractivity (Wildman–Crippen MR) is 103 cm³/mol. The molecular weight excluding hydrogens is 312 g/mol. The fourth-order valence-electron chi connectivity index (χ4n) is 3.71. The molecule has 0 radical (unpaired) electrons. The molecule has 0 aliphatic carbocycles. The summed E-state index contributed by atoms with van der Waals surface area (Å²) in [4.78, 5) is 11.2. The van der Waals surface area contributed by atoms with Crippen LogP contribution in [0.3, 0.4) is 0 Å². The summed E-state index contributed by atoms with van der Waals surface area (Å²) in [6, 6.07) is 10.3. The third kappa shape index (κ3) is 4.04. The fraction of sp³-hybridized carbons (Fsp3) is 0.409. The zero-order valence-electron chi connectivity index (χ0n) is 15.7. The van der Waals surface area contributed by atoms with E-state index in [0.717, 1.165) is 43.2 Å². The Morgan fingerprint density at radius 2 is 1.56 bits per heavy atom. The quantitative estimate of drug-likeness (QED) is 0.493. The average Bonchev–Trinajstić information content (AvgIpc) is 2.60. The van der Waals surface area contributed by atoms with Gasteiger partial charge in [0.15, 0.2) is 0 Å². The van der Waals surface area contributed by atoms with Crippen molar-refractivity contribution in [2.45, 2.75) is 59.8 Å². The molecule has 0 saturated heterocycles. The normalized spacial score (nSPS) is 10.7. The van der Waals surface area contributed by atoms with Gasteiger partial charge in [0.2, 0.25) is 0 Å². The minimum absolute atomic E-state index is 0.477. The Balaban J connectivity index is 2.78. The van der Waals surface area contributed by atoms with Crippen LogP contribution < -0.4 is 4.74 Å². The highest BCUT2D eigenvalue weighted by Gasteiger charge is 2.19. The van der Waals surface area contributed by atoms with Crippen LogP contribution in [0.1, 0.15) is 56.4 Å². The van der Waals surface area contributed by atoms with Gasteiger partial charge in [-0.25, -0.2) is 4.79 Å². The largest absolute Gasteiger partial charge is 0.511 e. The molecule has 2 aromatic rings. The number of hydrogen-bond acceptors (Lipinski definition) is 2. The third-order valence-electron chi connectivity index (χ3n) is 4.71. The summed E-state index contributed by atoms with van der Waals surface area (Å²) in [5.74, 6) is 0.477. The SMILES string of the molecule is CCCc1ccccc1-c1cc(OC(=O)O)c(CC)c(CC)c1CC. The molecular formula is C22H28O3. The minimum atomic E-state index is -1.26. The van der Waals surface area contributed by atoms with Crippen molar-refractivity contribution >= 4 is 6.16 Å². The molecule has 0 aliphatic heterocycles. The first-order chi connectivity index (χ1) is 12.1. The number of carboxylic acid groups (broad SMARTS) is 1. The van der Waals surface area contributed by atoms with Crippen molar-refractivity contribution in [1.82, 2.24) is 0 Å². The number of hydrogen-bond donors (Lipinski definition) is 1. The Morgan fingerprint density at radius 3 is 2.12 bits per heavy atom. The van der Waals surface area contributed by atoms with Crippen LogP contribution in [0.2, 0.25) is 0 Å². The Labute approximate surface area is 150 Å². The van der Waals surface area contributed by atoms with Gasteiger partial charge in [0.1, 0.15) is 5.75 Å². The van der Waals surface area contributed by atoms with E-state index in [4.69, 9.17) is 9.84 Å². The molecule has 134 valence electrons. The van der Waals surface area contributed by atoms with Crippen molar-refractivity contribution < 1.29 is 14.6 Å². The lowest BCUT2D eigenvalue weighted by Gasteiger charge is -2.21. The lowest BCUT2D eigenvalue weighted by molar-refractivity contribution is 0.144. The Bertz CT molecular complexity index is 747. The molecule has 1 N–H and O–H groups in total. The number of aryl methyl sites for hydroxylation is 1. The van der Waals surface area contributed by atoms with Gasteiger partial charge in [-0.2, -0.15) is 0 Å². The number of benzene rings is 2. The molecule has 3 heteroatoms. The molecule has 0 atom stereocenters. The first-order valence-electron chi connectivity index (χ1n) is 9.23. The summed E-state index contributed by atoms with van der Waals surface area (Å²) in [5, 5.41) is 9.16. The Hall–Kier alpha value is -2.29. The molecule has 0 spiro atoms. The van der Waals surface area contributed by atoms with Crippen LogP contribution in [-0.4, -0.2) is 11.3 Å². The van der Waals surface area contributed by atoms with Gasteiger partial charge in [-0.05, 0) is 65.1 Å². The third-order valence-corrected chi connectivity index (χ3v) is 4.71. The molecule has 0 amide bonds. The minimum Gasteiger partial charge on any atom is -0.449 e. The summed E-state index contributed by atoms with van der Waals surface area (Å²) in [6.07, 6.45) is 3.37. The highest BCUT2D eigenvalue weighted by atomic mass is 16.7. The molecule has 0 heterocycles. The number of rotatable bonds is 7. The van der Waals surface area contributed by atoms with Crippen LogP contribution in [0, 0.1) is 0 Å². The van der Waals surface area contributed by atoms with Crippen LogP contribution in [0.5, 0.6) is 5.75 Å². The van der Waals surface area contributed by atoms with E-state index in [-0.39, 0.29) is 0 Å². The molecule has 2 rings (SSSR count).